The van der Waals surface area contributed by atoms with Gasteiger partial charge in [0.2, 0.25) is 0 Å². The van der Waals surface area contributed by atoms with E-state index in [4.69, 9.17) is 16.0 Å². The second-order valence-electron chi connectivity index (χ2n) is 3.14. The summed E-state index contributed by atoms with van der Waals surface area (Å²) in [5.41, 5.74) is 6.95. The third-order valence-electron chi connectivity index (χ3n) is 1.96. The number of rotatable bonds is 4. The molecule has 0 aliphatic heterocycles. The average Bonchev–Trinajstić information content (AvgIpc) is 2.21. The summed E-state index contributed by atoms with van der Waals surface area (Å²) in [5.74, 6) is -1.02. The van der Waals surface area contributed by atoms with Gasteiger partial charge in [-0.25, -0.2) is 0 Å². The van der Waals surface area contributed by atoms with Gasteiger partial charge in [-0.3, -0.25) is 4.79 Å². The molecule has 5 heteroatoms. The number of nitrogens with zero attached hydrogens (tertiary/aromatic N) is 1. The van der Waals surface area contributed by atoms with E-state index < -0.39 is 12.0 Å². The van der Waals surface area contributed by atoms with E-state index in [1.54, 1.807) is 24.3 Å². The number of hydrogen-bond acceptors (Lipinski definition) is 4. The van der Waals surface area contributed by atoms with Crippen LogP contribution < -0.4 is 5.73 Å². The Morgan fingerprint density at radius 2 is 2.07 bits per heavy atom. The Hall–Kier alpha value is -1.88. The molecule has 0 aliphatic rings. The lowest BCUT2D eigenvalue weighted by Crippen LogP contribution is -2.32. The molecular formula is C10H12N2O3. The van der Waals surface area contributed by atoms with Crippen LogP contribution in [0.15, 0.2) is 29.4 Å². The molecule has 1 aromatic rings. The number of aliphatic carboxylic acids is 1. The van der Waals surface area contributed by atoms with Crippen LogP contribution in [0.1, 0.15) is 11.1 Å². The number of benzene rings is 1. The largest absolute Gasteiger partial charge is 0.480 e. The van der Waals surface area contributed by atoms with Crippen LogP contribution in [0.3, 0.4) is 0 Å². The zero-order chi connectivity index (χ0) is 11.3. The van der Waals surface area contributed by atoms with Crippen molar-refractivity contribution in [3.05, 3.63) is 35.4 Å². The number of nitrogens with two attached hydrogens (primary N) is 1. The lowest BCUT2D eigenvalue weighted by Gasteiger charge is -2.05. The summed E-state index contributed by atoms with van der Waals surface area (Å²) in [4.78, 5) is 10.5. The van der Waals surface area contributed by atoms with Crippen LogP contribution in [0, 0.1) is 0 Å². The monoisotopic (exact) mass is 208 g/mol. The standard InChI is InChI=1S/C10H12N2O3/c11-9(10(13)14)5-7-1-3-8(4-2-7)6-12-15/h1-4,6,9,15H,5,11H2,(H,13,14)/b12-6+/t9-/m0/s1. The summed E-state index contributed by atoms with van der Waals surface area (Å²) < 4.78 is 0. The quantitative estimate of drug-likeness (QED) is 0.380. The number of hydrogen-bond donors (Lipinski definition) is 3. The Labute approximate surface area is 86.8 Å². The maximum atomic E-state index is 10.5. The molecule has 0 amide bonds. The van der Waals surface area contributed by atoms with Crippen LogP contribution in [-0.4, -0.2) is 28.5 Å². The average molecular weight is 208 g/mol. The van der Waals surface area contributed by atoms with Crippen LogP contribution in [0.2, 0.25) is 0 Å². The topological polar surface area (TPSA) is 95.9 Å². The van der Waals surface area contributed by atoms with Gasteiger partial charge in [0.25, 0.3) is 0 Å². The molecule has 0 aromatic heterocycles. The van der Waals surface area contributed by atoms with E-state index in [0.29, 0.717) is 0 Å². The van der Waals surface area contributed by atoms with Crippen molar-refractivity contribution in [2.75, 3.05) is 0 Å². The summed E-state index contributed by atoms with van der Waals surface area (Å²) in [6, 6.07) is 6.06. The van der Waals surface area contributed by atoms with Crippen molar-refractivity contribution in [2.45, 2.75) is 12.5 Å². The van der Waals surface area contributed by atoms with Crippen molar-refractivity contribution < 1.29 is 15.1 Å². The second-order valence-corrected chi connectivity index (χ2v) is 3.14. The van der Waals surface area contributed by atoms with Gasteiger partial charge in [0, 0.05) is 0 Å². The zero-order valence-electron chi connectivity index (χ0n) is 8.00. The molecule has 0 aliphatic carbocycles. The van der Waals surface area contributed by atoms with Gasteiger partial charge in [0.15, 0.2) is 0 Å². The highest BCUT2D eigenvalue weighted by Gasteiger charge is 2.11. The van der Waals surface area contributed by atoms with E-state index in [0.717, 1.165) is 11.1 Å². The molecule has 1 rings (SSSR count). The van der Waals surface area contributed by atoms with E-state index in [1.165, 1.54) is 6.21 Å². The molecule has 80 valence electrons. The Balaban J connectivity index is 2.68. The normalized spacial score (nSPS) is 12.9. The van der Waals surface area contributed by atoms with Crippen LogP contribution in [-0.2, 0) is 11.2 Å². The molecule has 0 saturated carbocycles. The third kappa shape index (κ3) is 3.40. The zero-order valence-corrected chi connectivity index (χ0v) is 8.00. The molecule has 0 fully saturated rings. The van der Waals surface area contributed by atoms with Crippen LogP contribution in [0.25, 0.3) is 0 Å². The van der Waals surface area contributed by atoms with E-state index in [2.05, 4.69) is 5.16 Å². The van der Waals surface area contributed by atoms with Crippen molar-refractivity contribution in [1.29, 1.82) is 0 Å². The van der Waals surface area contributed by atoms with Crippen molar-refractivity contribution in [1.82, 2.24) is 0 Å². The van der Waals surface area contributed by atoms with E-state index >= 15 is 0 Å². The van der Waals surface area contributed by atoms with Crippen molar-refractivity contribution in [3.8, 4) is 0 Å². The molecule has 1 aromatic carbocycles. The lowest BCUT2D eigenvalue weighted by atomic mass is 10.1. The smallest absolute Gasteiger partial charge is 0.320 e. The molecule has 0 spiro atoms. The Morgan fingerprint density at radius 1 is 1.47 bits per heavy atom. The predicted molar refractivity (Wildman–Crippen MR) is 55.1 cm³/mol. The molecule has 1 atom stereocenters. The fourth-order valence-corrected chi connectivity index (χ4v) is 1.15. The van der Waals surface area contributed by atoms with Gasteiger partial charge in [-0.05, 0) is 17.5 Å². The van der Waals surface area contributed by atoms with Crippen LogP contribution in [0.5, 0.6) is 0 Å². The van der Waals surface area contributed by atoms with Gasteiger partial charge in [0.1, 0.15) is 6.04 Å². The van der Waals surface area contributed by atoms with Gasteiger partial charge >= 0.3 is 5.97 Å². The first-order valence-electron chi connectivity index (χ1n) is 4.38. The van der Waals surface area contributed by atoms with Crippen LogP contribution >= 0.6 is 0 Å². The molecule has 0 unspecified atom stereocenters. The minimum absolute atomic E-state index is 0.284. The van der Waals surface area contributed by atoms with Gasteiger partial charge in [0.05, 0.1) is 6.21 Å². The molecule has 0 heterocycles. The highest BCUT2D eigenvalue weighted by atomic mass is 16.4. The maximum Gasteiger partial charge on any atom is 0.320 e. The second kappa shape index (κ2) is 5.11. The molecule has 0 saturated heterocycles. The summed E-state index contributed by atoms with van der Waals surface area (Å²) in [6.07, 6.45) is 1.58. The number of oxime groups is 1. The van der Waals surface area contributed by atoms with Gasteiger partial charge in [-0.15, -0.1) is 0 Å². The van der Waals surface area contributed by atoms with Gasteiger partial charge in [-0.2, -0.15) is 0 Å². The van der Waals surface area contributed by atoms with Gasteiger partial charge in [-0.1, -0.05) is 29.4 Å². The minimum atomic E-state index is -1.02. The molecule has 15 heavy (non-hydrogen) atoms. The number of carbonyl (C=O) groups is 1. The predicted octanol–water partition coefficient (Wildman–Crippen LogP) is 0.449. The molecule has 0 radical (unpaired) electrons. The highest BCUT2D eigenvalue weighted by molar-refractivity contribution is 5.79. The summed E-state index contributed by atoms with van der Waals surface area (Å²) in [6.45, 7) is 0. The Bertz CT molecular complexity index is 359. The number of carboxylic acids is 1. The van der Waals surface area contributed by atoms with E-state index in [9.17, 15) is 4.79 Å². The third-order valence-corrected chi connectivity index (χ3v) is 1.96. The van der Waals surface area contributed by atoms with Crippen molar-refractivity contribution in [3.63, 3.8) is 0 Å². The number of carboxylic acid groups (broad SMARTS) is 1. The van der Waals surface area contributed by atoms with Crippen molar-refractivity contribution in [2.24, 2.45) is 10.9 Å². The fourth-order valence-electron chi connectivity index (χ4n) is 1.15. The van der Waals surface area contributed by atoms with E-state index in [-0.39, 0.29) is 6.42 Å². The first-order chi connectivity index (χ1) is 7.13. The Kier molecular flexibility index (Phi) is 3.82. The maximum absolute atomic E-state index is 10.5. The fraction of sp³-hybridized carbons (Fsp3) is 0.200. The van der Waals surface area contributed by atoms with E-state index in [1.807, 2.05) is 0 Å². The first kappa shape index (κ1) is 11.2. The Morgan fingerprint density at radius 3 is 2.53 bits per heavy atom. The van der Waals surface area contributed by atoms with Crippen molar-refractivity contribution >= 4 is 12.2 Å². The SMILES string of the molecule is N[C@@H](Cc1ccc(/C=N/O)cc1)C(=O)O. The summed E-state index contributed by atoms with van der Waals surface area (Å²) >= 11 is 0. The molecule has 5 nitrogen and oxygen atoms in total. The highest BCUT2D eigenvalue weighted by Crippen LogP contribution is 2.05. The first-order valence-corrected chi connectivity index (χ1v) is 4.38. The summed E-state index contributed by atoms with van der Waals surface area (Å²) in [7, 11) is 0. The lowest BCUT2D eigenvalue weighted by molar-refractivity contribution is -0.138. The van der Waals surface area contributed by atoms with Crippen LogP contribution in [0.4, 0.5) is 0 Å². The summed E-state index contributed by atoms with van der Waals surface area (Å²) in [5, 5.41) is 19.8. The molecular weight excluding hydrogens is 196 g/mol. The molecule has 4 N–H and O–H groups in total. The molecule has 0 bridgehead atoms. The minimum Gasteiger partial charge on any atom is -0.480 e. The van der Waals surface area contributed by atoms with Gasteiger partial charge < -0.3 is 16.0 Å².